The van der Waals surface area contributed by atoms with Gasteiger partial charge in [-0.3, -0.25) is 9.36 Å². The number of fused-ring (bicyclic) bond motifs is 1. The summed E-state index contributed by atoms with van der Waals surface area (Å²) in [6.07, 6.45) is 2.31. The Bertz CT molecular complexity index is 1150. The van der Waals surface area contributed by atoms with Gasteiger partial charge in [-0.2, -0.15) is 4.98 Å². The van der Waals surface area contributed by atoms with Gasteiger partial charge in [0.15, 0.2) is 17.3 Å². The van der Waals surface area contributed by atoms with Gasteiger partial charge in [0, 0.05) is 36.9 Å². The van der Waals surface area contributed by atoms with Gasteiger partial charge in [0.1, 0.15) is 11.5 Å². The lowest BCUT2D eigenvalue weighted by atomic mass is 10.1. The number of hydrogen-bond donors (Lipinski definition) is 2. The SMILES string of the molecule is C[C@H](O)Cn1c(=O)c(Oc2ccc(F)cc2F)cc2cnc(NC3CCOCC3)nc21. The molecule has 0 amide bonds. The van der Waals surface area contributed by atoms with Gasteiger partial charge >= 0.3 is 0 Å². The second-order valence-electron chi connectivity index (χ2n) is 7.45. The van der Waals surface area contributed by atoms with Crippen LogP contribution >= 0.6 is 0 Å². The van der Waals surface area contributed by atoms with Crippen LogP contribution < -0.4 is 15.6 Å². The monoisotopic (exact) mass is 432 g/mol. The van der Waals surface area contributed by atoms with Crippen LogP contribution in [-0.4, -0.2) is 45.0 Å². The first-order chi connectivity index (χ1) is 14.9. The predicted octanol–water partition coefficient (Wildman–Crippen LogP) is 2.83. The molecule has 4 rings (SSSR count). The van der Waals surface area contributed by atoms with E-state index in [0.29, 0.717) is 36.3 Å². The molecule has 0 saturated carbocycles. The highest BCUT2D eigenvalue weighted by Crippen LogP contribution is 2.25. The first kappa shape index (κ1) is 21.1. The van der Waals surface area contributed by atoms with Crippen LogP contribution in [0.2, 0.25) is 0 Å². The fourth-order valence-electron chi connectivity index (χ4n) is 3.41. The Morgan fingerprint density at radius 3 is 2.77 bits per heavy atom. The molecular weight excluding hydrogens is 410 g/mol. The first-order valence-corrected chi connectivity index (χ1v) is 9.96. The van der Waals surface area contributed by atoms with Crippen molar-refractivity contribution in [1.29, 1.82) is 0 Å². The van der Waals surface area contributed by atoms with Gasteiger partial charge in [-0.25, -0.2) is 13.8 Å². The maximum atomic E-state index is 14.0. The van der Waals surface area contributed by atoms with E-state index in [9.17, 15) is 18.7 Å². The Morgan fingerprint density at radius 1 is 1.29 bits per heavy atom. The van der Waals surface area contributed by atoms with Gasteiger partial charge in [0.05, 0.1) is 12.6 Å². The summed E-state index contributed by atoms with van der Waals surface area (Å²) in [5.41, 5.74) is -0.296. The third kappa shape index (κ3) is 4.80. The summed E-state index contributed by atoms with van der Waals surface area (Å²) in [6.45, 7) is 2.79. The summed E-state index contributed by atoms with van der Waals surface area (Å²) in [6, 6.07) is 4.36. The van der Waals surface area contributed by atoms with E-state index in [0.717, 1.165) is 25.0 Å². The first-order valence-electron chi connectivity index (χ1n) is 9.96. The second-order valence-corrected chi connectivity index (χ2v) is 7.45. The van der Waals surface area contributed by atoms with E-state index in [4.69, 9.17) is 9.47 Å². The third-order valence-corrected chi connectivity index (χ3v) is 4.91. The molecule has 2 aromatic heterocycles. The molecule has 0 radical (unpaired) electrons. The molecule has 2 N–H and O–H groups in total. The van der Waals surface area contributed by atoms with Crippen LogP contribution in [0, 0.1) is 11.6 Å². The second kappa shape index (κ2) is 8.94. The minimum absolute atomic E-state index is 0.0494. The molecule has 164 valence electrons. The number of nitrogens with zero attached hydrogens (tertiary/aromatic N) is 3. The molecule has 1 saturated heterocycles. The van der Waals surface area contributed by atoms with E-state index < -0.39 is 23.3 Å². The molecule has 3 heterocycles. The molecule has 31 heavy (non-hydrogen) atoms. The largest absolute Gasteiger partial charge is 0.448 e. The summed E-state index contributed by atoms with van der Waals surface area (Å²) in [4.78, 5) is 21.8. The quantitative estimate of drug-likeness (QED) is 0.618. The Labute approximate surface area is 176 Å². The average molecular weight is 432 g/mol. The topological polar surface area (TPSA) is 98.5 Å². The zero-order chi connectivity index (χ0) is 22.0. The number of hydrogen-bond acceptors (Lipinski definition) is 7. The summed E-state index contributed by atoms with van der Waals surface area (Å²) >= 11 is 0. The Morgan fingerprint density at radius 2 is 2.06 bits per heavy atom. The van der Waals surface area contributed by atoms with Crippen molar-refractivity contribution in [2.75, 3.05) is 18.5 Å². The molecule has 1 atom stereocenters. The molecule has 3 aromatic rings. The van der Waals surface area contributed by atoms with E-state index in [1.54, 1.807) is 0 Å². The zero-order valence-corrected chi connectivity index (χ0v) is 16.8. The summed E-state index contributed by atoms with van der Waals surface area (Å²) in [5.74, 6) is -1.81. The van der Waals surface area contributed by atoms with Crippen LogP contribution in [0.4, 0.5) is 14.7 Å². The highest BCUT2D eigenvalue weighted by molar-refractivity contribution is 5.77. The minimum atomic E-state index is -0.936. The van der Waals surface area contributed by atoms with Crippen LogP contribution in [0.3, 0.4) is 0 Å². The number of rotatable bonds is 6. The van der Waals surface area contributed by atoms with Crippen molar-refractivity contribution in [3.8, 4) is 11.5 Å². The highest BCUT2D eigenvalue weighted by Gasteiger charge is 2.18. The van der Waals surface area contributed by atoms with Crippen molar-refractivity contribution in [2.24, 2.45) is 0 Å². The van der Waals surface area contributed by atoms with Crippen molar-refractivity contribution >= 4 is 17.0 Å². The third-order valence-electron chi connectivity index (χ3n) is 4.91. The molecule has 0 bridgehead atoms. The Hall–Kier alpha value is -3.11. The molecule has 1 aliphatic heterocycles. The number of nitrogens with one attached hydrogen (secondary N) is 1. The van der Waals surface area contributed by atoms with Crippen LogP contribution in [0.15, 0.2) is 35.3 Å². The lowest BCUT2D eigenvalue weighted by Crippen LogP contribution is -2.29. The van der Waals surface area contributed by atoms with Gasteiger partial charge in [0.2, 0.25) is 5.95 Å². The summed E-state index contributed by atoms with van der Waals surface area (Å²) in [7, 11) is 0. The van der Waals surface area contributed by atoms with Gasteiger partial charge in [-0.15, -0.1) is 0 Å². The normalized spacial score (nSPS) is 15.7. The standard InChI is InChI=1S/C21H22F2N4O4/c1-12(28)11-27-19-13(10-24-21(26-19)25-15-4-6-30-7-5-15)8-18(20(27)29)31-17-3-2-14(22)9-16(17)23/h2-3,8-10,12,15,28H,4-7,11H2,1H3,(H,24,25,26)/t12-/m0/s1. The molecule has 8 nitrogen and oxygen atoms in total. The van der Waals surface area contributed by atoms with E-state index in [-0.39, 0.29) is 24.1 Å². The van der Waals surface area contributed by atoms with Crippen LogP contribution in [-0.2, 0) is 11.3 Å². The van der Waals surface area contributed by atoms with Crippen molar-refractivity contribution in [1.82, 2.24) is 14.5 Å². The smallest absolute Gasteiger partial charge is 0.295 e. The maximum absolute atomic E-state index is 14.0. The molecule has 0 spiro atoms. The number of aromatic nitrogens is 3. The van der Waals surface area contributed by atoms with Gasteiger partial charge in [-0.05, 0) is 38.0 Å². The maximum Gasteiger partial charge on any atom is 0.295 e. The number of anilines is 1. The van der Waals surface area contributed by atoms with Crippen molar-refractivity contribution in [3.63, 3.8) is 0 Å². The number of aliphatic hydroxyl groups excluding tert-OH is 1. The van der Waals surface area contributed by atoms with Crippen LogP contribution in [0.5, 0.6) is 11.5 Å². The average Bonchev–Trinajstić information content (AvgIpc) is 2.74. The van der Waals surface area contributed by atoms with Crippen molar-refractivity contribution in [2.45, 2.75) is 38.5 Å². The van der Waals surface area contributed by atoms with Crippen molar-refractivity contribution < 1.29 is 23.4 Å². The lowest BCUT2D eigenvalue weighted by molar-refractivity contribution is 0.0903. The highest BCUT2D eigenvalue weighted by atomic mass is 19.1. The Balaban J connectivity index is 1.73. The zero-order valence-electron chi connectivity index (χ0n) is 16.8. The molecule has 10 heteroatoms. The van der Waals surface area contributed by atoms with Gasteiger partial charge < -0.3 is 19.9 Å². The number of halogens is 2. The summed E-state index contributed by atoms with van der Waals surface area (Å²) in [5, 5.41) is 13.6. The molecule has 1 aliphatic rings. The molecule has 1 fully saturated rings. The molecule has 0 unspecified atom stereocenters. The van der Waals surface area contributed by atoms with E-state index >= 15 is 0 Å². The van der Waals surface area contributed by atoms with Crippen molar-refractivity contribution in [3.05, 3.63) is 52.5 Å². The lowest BCUT2D eigenvalue weighted by Gasteiger charge is -2.23. The van der Waals surface area contributed by atoms with Gasteiger partial charge in [-0.1, -0.05) is 0 Å². The minimum Gasteiger partial charge on any atom is -0.448 e. The summed E-state index contributed by atoms with van der Waals surface area (Å²) < 4.78 is 39.2. The number of aliphatic hydroxyl groups is 1. The number of benzene rings is 1. The molecular formula is C21H22F2N4O4. The van der Waals surface area contributed by atoms with E-state index in [1.165, 1.54) is 23.8 Å². The van der Waals surface area contributed by atoms with Gasteiger partial charge in [0.25, 0.3) is 5.56 Å². The number of ether oxygens (including phenoxy) is 2. The molecule has 0 aliphatic carbocycles. The van der Waals surface area contributed by atoms with Crippen LogP contribution in [0.25, 0.3) is 11.0 Å². The fraction of sp³-hybridized carbons (Fsp3) is 0.381. The Kier molecular flexibility index (Phi) is 6.10. The van der Waals surface area contributed by atoms with Crippen LogP contribution in [0.1, 0.15) is 19.8 Å². The fourth-order valence-corrected chi connectivity index (χ4v) is 3.41. The van der Waals surface area contributed by atoms with E-state index in [2.05, 4.69) is 15.3 Å². The van der Waals surface area contributed by atoms with E-state index in [1.807, 2.05) is 0 Å². The number of pyridine rings is 1. The predicted molar refractivity (Wildman–Crippen MR) is 109 cm³/mol. The molecule has 1 aromatic carbocycles.